The molecule has 0 aliphatic rings. The SMILES string of the molecule is CN(CC(O)c1cccs1)S(=O)(=O)CCc1ccccc1. The van der Waals surface area contributed by atoms with Gasteiger partial charge in [-0.05, 0) is 23.4 Å². The fraction of sp³-hybridized carbons (Fsp3) is 0.333. The van der Waals surface area contributed by atoms with Crippen molar-refractivity contribution in [1.82, 2.24) is 4.31 Å². The van der Waals surface area contributed by atoms with Crippen molar-refractivity contribution >= 4 is 21.4 Å². The number of aryl methyl sites for hydroxylation is 1. The summed E-state index contributed by atoms with van der Waals surface area (Å²) in [7, 11) is -1.86. The van der Waals surface area contributed by atoms with E-state index in [0.29, 0.717) is 6.42 Å². The number of likely N-dealkylation sites (N-methyl/N-ethyl adjacent to an activating group) is 1. The van der Waals surface area contributed by atoms with Crippen LogP contribution in [0, 0.1) is 0 Å². The molecule has 1 unspecified atom stereocenters. The molecule has 1 heterocycles. The van der Waals surface area contributed by atoms with Crippen molar-refractivity contribution in [3.8, 4) is 0 Å². The molecule has 1 aromatic heterocycles. The lowest BCUT2D eigenvalue weighted by molar-refractivity contribution is 0.158. The lowest BCUT2D eigenvalue weighted by Crippen LogP contribution is -2.33. The fourth-order valence-electron chi connectivity index (χ4n) is 1.98. The summed E-state index contributed by atoms with van der Waals surface area (Å²) in [5, 5.41) is 11.9. The summed E-state index contributed by atoms with van der Waals surface area (Å²) in [6.45, 7) is 0.0810. The highest BCUT2D eigenvalue weighted by Gasteiger charge is 2.21. The monoisotopic (exact) mass is 325 g/mol. The van der Waals surface area contributed by atoms with Gasteiger partial charge in [-0.1, -0.05) is 36.4 Å². The molecule has 4 nitrogen and oxygen atoms in total. The van der Waals surface area contributed by atoms with Crippen molar-refractivity contribution in [3.05, 3.63) is 58.3 Å². The Morgan fingerprint density at radius 2 is 1.90 bits per heavy atom. The van der Waals surface area contributed by atoms with Crippen LogP contribution < -0.4 is 0 Å². The van der Waals surface area contributed by atoms with Gasteiger partial charge < -0.3 is 5.11 Å². The van der Waals surface area contributed by atoms with Crippen molar-refractivity contribution in [3.63, 3.8) is 0 Å². The number of aliphatic hydroxyl groups is 1. The molecule has 0 spiro atoms. The zero-order chi connectivity index (χ0) is 15.3. The lowest BCUT2D eigenvalue weighted by atomic mass is 10.2. The Balaban J connectivity index is 1.92. The maximum absolute atomic E-state index is 12.2. The molecule has 1 N–H and O–H groups in total. The van der Waals surface area contributed by atoms with Crippen molar-refractivity contribution in [2.75, 3.05) is 19.3 Å². The van der Waals surface area contributed by atoms with Crippen LogP contribution in [0.4, 0.5) is 0 Å². The van der Waals surface area contributed by atoms with Crippen LogP contribution in [0.2, 0.25) is 0 Å². The van der Waals surface area contributed by atoms with E-state index in [4.69, 9.17) is 0 Å². The van der Waals surface area contributed by atoms with E-state index in [9.17, 15) is 13.5 Å². The molecule has 6 heteroatoms. The Morgan fingerprint density at radius 1 is 1.19 bits per heavy atom. The maximum Gasteiger partial charge on any atom is 0.214 e. The Kier molecular flexibility index (Phi) is 5.52. The average molecular weight is 325 g/mol. The highest BCUT2D eigenvalue weighted by Crippen LogP contribution is 2.20. The third-order valence-electron chi connectivity index (χ3n) is 3.27. The van der Waals surface area contributed by atoms with Crippen LogP contribution in [0.5, 0.6) is 0 Å². The van der Waals surface area contributed by atoms with E-state index < -0.39 is 16.1 Å². The second-order valence-electron chi connectivity index (χ2n) is 4.86. The molecule has 1 atom stereocenters. The minimum absolute atomic E-state index is 0.0463. The first-order valence-corrected chi connectivity index (χ1v) is 9.17. The third-order valence-corrected chi connectivity index (χ3v) is 6.06. The second-order valence-corrected chi connectivity index (χ2v) is 8.04. The van der Waals surface area contributed by atoms with E-state index in [1.54, 1.807) is 6.07 Å². The van der Waals surface area contributed by atoms with Gasteiger partial charge in [-0.2, -0.15) is 0 Å². The van der Waals surface area contributed by atoms with Gasteiger partial charge in [0.1, 0.15) is 6.10 Å². The molecular formula is C15H19NO3S2. The van der Waals surface area contributed by atoms with Gasteiger partial charge in [0, 0.05) is 18.5 Å². The first-order valence-electron chi connectivity index (χ1n) is 6.68. The fourth-order valence-corrected chi connectivity index (χ4v) is 3.85. The van der Waals surface area contributed by atoms with Crippen molar-refractivity contribution in [2.45, 2.75) is 12.5 Å². The number of thiophene rings is 1. The number of hydrogen-bond donors (Lipinski definition) is 1. The van der Waals surface area contributed by atoms with Crippen LogP contribution >= 0.6 is 11.3 Å². The molecule has 0 aliphatic carbocycles. The standard InChI is InChI=1S/C15H19NO3S2/c1-16(12-14(17)15-8-5-10-20-15)21(18,19)11-9-13-6-3-2-4-7-13/h2-8,10,14,17H,9,11-12H2,1H3. The highest BCUT2D eigenvalue weighted by molar-refractivity contribution is 7.89. The first kappa shape index (κ1) is 16.2. The summed E-state index contributed by atoms with van der Waals surface area (Å²) in [5.74, 6) is 0.0463. The lowest BCUT2D eigenvalue weighted by Gasteiger charge is -2.20. The van der Waals surface area contributed by atoms with Crippen LogP contribution in [0.15, 0.2) is 47.8 Å². The molecule has 0 bridgehead atoms. The number of benzene rings is 1. The zero-order valence-corrected chi connectivity index (χ0v) is 13.5. The molecule has 1 aromatic carbocycles. The van der Waals surface area contributed by atoms with Gasteiger partial charge in [0.15, 0.2) is 0 Å². The minimum Gasteiger partial charge on any atom is -0.386 e. The molecule has 0 radical (unpaired) electrons. The normalized spacial score (nSPS) is 13.5. The first-order chi connectivity index (χ1) is 9.99. The topological polar surface area (TPSA) is 57.6 Å². The largest absolute Gasteiger partial charge is 0.386 e. The highest BCUT2D eigenvalue weighted by atomic mass is 32.2. The summed E-state index contributed by atoms with van der Waals surface area (Å²) >= 11 is 1.42. The number of hydrogen-bond acceptors (Lipinski definition) is 4. The van der Waals surface area contributed by atoms with Gasteiger partial charge in [0.05, 0.1) is 5.75 Å². The molecule has 21 heavy (non-hydrogen) atoms. The molecule has 0 fully saturated rings. The van der Waals surface area contributed by atoms with E-state index in [-0.39, 0.29) is 12.3 Å². The molecule has 0 amide bonds. The third kappa shape index (κ3) is 4.64. The molecule has 2 aromatic rings. The van der Waals surface area contributed by atoms with E-state index in [2.05, 4.69) is 0 Å². The van der Waals surface area contributed by atoms with Gasteiger partial charge in [0.25, 0.3) is 0 Å². The number of aliphatic hydroxyl groups excluding tert-OH is 1. The summed E-state index contributed by atoms with van der Waals surface area (Å²) in [5.41, 5.74) is 0.994. The minimum atomic E-state index is -3.37. The van der Waals surface area contributed by atoms with Gasteiger partial charge >= 0.3 is 0 Å². The Morgan fingerprint density at radius 3 is 2.52 bits per heavy atom. The maximum atomic E-state index is 12.2. The van der Waals surface area contributed by atoms with Gasteiger partial charge in [-0.3, -0.25) is 0 Å². The van der Waals surface area contributed by atoms with Crippen LogP contribution in [0.1, 0.15) is 16.5 Å². The average Bonchev–Trinajstić information content (AvgIpc) is 3.00. The molecule has 0 saturated heterocycles. The van der Waals surface area contributed by atoms with E-state index in [1.165, 1.54) is 22.7 Å². The van der Waals surface area contributed by atoms with Gasteiger partial charge in [-0.25, -0.2) is 12.7 Å². The quantitative estimate of drug-likeness (QED) is 0.850. The van der Waals surface area contributed by atoms with Crippen molar-refractivity contribution < 1.29 is 13.5 Å². The predicted molar refractivity (Wildman–Crippen MR) is 85.8 cm³/mol. The second kappa shape index (κ2) is 7.17. The smallest absolute Gasteiger partial charge is 0.214 e. The molecule has 0 saturated carbocycles. The van der Waals surface area contributed by atoms with Gasteiger partial charge in [0.2, 0.25) is 10.0 Å². The van der Waals surface area contributed by atoms with Crippen molar-refractivity contribution in [1.29, 1.82) is 0 Å². The van der Waals surface area contributed by atoms with Crippen LogP contribution in [0.25, 0.3) is 0 Å². The van der Waals surface area contributed by atoms with Gasteiger partial charge in [-0.15, -0.1) is 11.3 Å². The number of sulfonamides is 1. The Hall–Kier alpha value is -1.21. The molecule has 0 aliphatic heterocycles. The molecule has 114 valence electrons. The molecular weight excluding hydrogens is 306 g/mol. The predicted octanol–water partition coefficient (Wildman–Crippen LogP) is 2.29. The van der Waals surface area contributed by atoms with E-state index >= 15 is 0 Å². The summed E-state index contributed by atoms with van der Waals surface area (Å²) < 4.78 is 25.7. The summed E-state index contributed by atoms with van der Waals surface area (Å²) in [6.07, 6.45) is -0.302. The zero-order valence-electron chi connectivity index (χ0n) is 11.8. The Bertz CT molecular complexity index is 639. The molecule has 2 rings (SSSR count). The summed E-state index contributed by atoms with van der Waals surface area (Å²) in [6, 6.07) is 13.2. The number of nitrogens with zero attached hydrogens (tertiary/aromatic N) is 1. The van der Waals surface area contributed by atoms with Crippen LogP contribution in [-0.4, -0.2) is 37.2 Å². The van der Waals surface area contributed by atoms with Crippen LogP contribution in [0.3, 0.4) is 0 Å². The van der Waals surface area contributed by atoms with Crippen LogP contribution in [-0.2, 0) is 16.4 Å². The Labute approximate surface area is 129 Å². The van der Waals surface area contributed by atoms with Crippen molar-refractivity contribution in [2.24, 2.45) is 0 Å². The van der Waals surface area contributed by atoms with E-state index in [1.807, 2.05) is 41.8 Å². The van der Waals surface area contributed by atoms with E-state index in [0.717, 1.165) is 10.4 Å². The summed E-state index contributed by atoms with van der Waals surface area (Å²) in [4.78, 5) is 0.778. The number of rotatable bonds is 7.